The van der Waals surface area contributed by atoms with Gasteiger partial charge in [0, 0.05) is 5.69 Å². The second kappa shape index (κ2) is 9.83. The summed E-state index contributed by atoms with van der Waals surface area (Å²) in [4.78, 5) is 12.4. The van der Waals surface area contributed by atoms with E-state index in [1.807, 2.05) is 32.0 Å². The van der Waals surface area contributed by atoms with Crippen molar-refractivity contribution in [3.8, 4) is 17.6 Å². The van der Waals surface area contributed by atoms with Crippen LogP contribution >= 0.6 is 0 Å². The molecule has 0 saturated heterocycles. The third-order valence-corrected chi connectivity index (χ3v) is 3.61. The maximum absolute atomic E-state index is 12.4. The van der Waals surface area contributed by atoms with Gasteiger partial charge in [0.1, 0.15) is 18.2 Å². The molecule has 138 valence electrons. The summed E-state index contributed by atoms with van der Waals surface area (Å²) in [5.41, 5.74) is 2.39. The van der Waals surface area contributed by atoms with Crippen molar-refractivity contribution in [1.82, 2.24) is 0 Å². The van der Waals surface area contributed by atoms with Crippen LogP contribution in [0.1, 0.15) is 18.1 Å². The molecule has 0 radical (unpaired) electrons. The van der Waals surface area contributed by atoms with E-state index in [0.717, 1.165) is 5.56 Å². The van der Waals surface area contributed by atoms with Crippen LogP contribution in [-0.4, -0.2) is 19.1 Å². The largest absolute Gasteiger partial charge is 0.490 e. The number of ether oxygens (including phenoxy) is 2. The highest BCUT2D eigenvalue weighted by atomic mass is 16.5. The van der Waals surface area contributed by atoms with E-state index in [1.54, 1.807) is 36.4 Å². The van der Waals surface area contributed by atoms with Gasteiger partial charge in [0.25, 0.3) is 5.91 Å². The van der Waals surface area contributed by atoms with Crippen LogP contribution in [0.4, 0.5) is 5.69 Å². The number of benzene rings is 2. The van der Waals surface area contributed by atoms with Crippen LogP contribution in [0.3, 0.4) is 0 Å². The number of carbonyl (C=O) groups excluding carboxylic acids is 1. The first kappa shape index (κ1) is 19.8. The zero-order valence-electron chi connectivity index (χ0n) is 15.5. The van der Waals surface area contributed by atoms with Gasteiger partial charge in [0.15, 0.2) is 11.5 Å². The Kier molecular flexibility index (Phi) is 7.21. The lowest BCUT2D eigenvalue weighted by Crippen LogP contribution is -2.13. The van der Waals surface area contributed by atoms with Crippen LogP contribution in [0, 0.1) is 18.3 Å². The highest BCUT2D eigenvalue weighted by Gasteiger charge is 2.11. The van der Waals surface area contributed by atoms with Gasteiger partial charge in [0.05, 0.1) is 6.61 Å². The van der Waals surface area contributed by atoms with Gasteiger partial charge < -0.3 is 14.8 Å². The first-order chi connectivity index (χ1) is 13.1. The number of aryl methyl sites for hydroxylation is 1. The number of nitrogens with zero attached hydrogens (tertiary/aromatic N) is 1. The molecule has 0 fully saturated rings. The third-order valence-electron chi connectivity index (χ3n) is 3.61. The summed E-state index contributed by atoms with van der Waals surface area (Å²) in [6.45, 7) is 8.28. The molecule has 5 nitrogen and oxygen atoms in total. The van der Waals surface area contributed by atoms with Crippen LogP contribution in [-0.2, 0) is 4.79 Å². The minimum atomic E-state index is -0.466. The molecular formula is C22H22N2O3. The Morgan fingerprint density at radius 1 is 1.19 bits per heavy atom. The molecule has 0 unspecified atom stereocenters. The molecular weight excluding hydrogens is 340 g/mol. The molecule has 0 bridgehead atoms. The van der Waals surface area contributed by atoms with Crippen molar-refractivity contribution in [2.75, 3.05) is 18.5 Å². The van der Waals surface area contributed by atoms with Gasteiger partial charge in [-0.1, -0.05) is 36.4 Å². The number of hydrogen-bond donors (Lipinski definition) is 1. The summed E-state index contributed by atoms with van der Waals surface area (Å²) in [5.74, 6) is 0.659. The van der Waals surface area contributed by atoms with Crippen molar-refractivity contribution in [2.45, 2.75) is 13.8 Å². The van der Waals surface area contributed by atoms with Crippen molar-refractivity contribution in [3.05, 3.63) is 71.8 Å². The highest BCUT2D eigenvalue weighted by Crippen LogP contribution is 2.29. The fraction of sp³-hybridized carbons (Fsp3) is 0.182. The van der Waals surface area contributed by atoms with E-state index in [9.17, 15) is 10.1 Å². The second-order valence-corrected chi connectivity index (χ2v) is 5.73. The molecule has 1 N–H and O–H groups in total. The fourth-order valence-corrected chi connectivity index (χ4v) is 2.30. The zero-order valence-corrected chi connectivity index (χ0v) is 15.5. The summed E-state index contributed by atoms with van der Waals surface area (Å²) in [6, 6.07) is 14.6. The first-order valence-corrected chi connectivity index (χ1v) is 8.57. The van der Waals surface area contributed by atoms with Gasteiger partial charge in [-0.05, 0) is 49.8 Å². The summed E-state index contributed by atoms with van der Waals surface area (Å²) >= 11 is 0. The second-order valence-electron chi connectivity index (χ2n) is 5.73. The number of nitrogens with one attached hydrogen (secondary N) is 1. The van der Waals surface area contributed by atoms with Crippen LogP contribution in [0.25, 0.3) is 6.08 Å². The van der Waals surface area contributed by atoms with E-state index in [2.05, 4.69) is 11.9 Å². The lowest BCUT2D eigenvalue weighted by molar-refractivity contribution is -0.112. The van der Waals surface area contributed by atoms with Gasteiger partial charge >= 0.3 is 0 Å². The maximum atomic E-state index is 12.4. The summed E-state index contributed by atoms with van der Waals surface area (Å²) < 4.78 is 11.1. The predicted octanol–water partition coefficient (Wildman–Crippen LogP) is 4.50. The van der Waals surface area contributed by atoms with Crippen LogP contribution in [0.5, 0.6) is 11.5 Å². The van der Waals surface area contributed by atoms with E-state index in [4.69, 9.17) is 9.47 Å². The van der Waals surface area contributed by atoms with Crippen molar-refractivity contribution in [1.29, 1.82) is 5.26 Å². The molecule has 27 heavy (non-hydrogen) atoms. The molecule has 1 amide bonds. The number of nitriles is 1. The molecule has 0 atom stereocenters. The van der Waals surface area contributed by atoms with E-state index >= 15 is 0 Å². The van der Waals surface area contributed by atoms with Gasteiger partial charge in [-0.25, -0.2) is 0 Å². The van der Waals surface area contributed by atoms with Gasteiger partial charge in [-0.15, -0.1) is 0 Å². The molecule has 5 heteroatoms. The smallest absolute Gasteiger partial charge is 0.266 e. The molecule has 0 aliphatic rings. The van der Waals surface area contributed by atoms with Crippen LogP contribution in [0.2, 0.25) is 0 Å². The monoisotopic (exact) mass is 362 g/mol. The molecule has 0 aliphatic heterocycles. The van der Waals surface area contributed by atoms with E-state index < -0.39 is 5.91 Å². The molecule has 0 aliphatic carbocycles. The SMILES string of the molecule is C=CCOc1ccc(/C=C(\C#N)C(=O)Nc2ccc(C)cc2)cc1OCC. The van der Waals surface area contributed by atoms with Crippen molar-refractivity contribution >= 4 is 17.7 Å². The van der Waals surface area contributed by atoms with Gasteiger partial charge in [0.2, 0.25) is 0 Å². The molecule has 2 aromatic carbocycles. The lowest BCUT2D eigenvalue weighted by atomic mass is 10.1. The van der Waals surface area contributed by atoms with Crippen LogP contribution in [0.15, 0.2) is 60.7 Å². The Bertz CT molecular complexity index is 877. The molecule has 0 heterocycles. The molecule has 0 aromatic heterocycles. The molecule has 0 spiro atoms. The van der Waals surface area contributed by atoms with Crippen LogP contribution < -0.4 is 14.8 Å². The van der Waals surface area contributed by atoms with Gasteiger partial charge in [-0.3, -0.25) is 4.79 Å². The van der Waals surface area contributed by atoms with Gasteiger partial charge in [-0.2, -0.15) is 5.26 Å². The maximum Gasteiger partial charge on any atom is 0.266 e. The summed E-state index contributed by atoms with van der Waals surface area (Å²) in [7, 11) is 0. The lowest BCUT2D eigenvalue weighted by Gasteiger charge is -2.11. The average molecular weight is 362 g/mol. The number of hydrogen-bond acceptors (Lipinski definition) is 4. The number of anilines is 1. The van der Waals surface area contributed by atoms with E-state index in [1.165, 1.54) is 6.08 Å². The van der Waals surface area contributed by atoms with E-state index in [0.29, 0.717) is 36.0 Å². The predicted molar refractivity (Wildman–Crippen MR) is 107 cm³/mol. The minimum absolute atomic E-state index is 0.00205. The minimum Gasteiger partial charge on any atom is -0.490 e. The molecule has 2 aromatic rings. The normalized spacial score (nSPS) is 10.6. The Balaban J connectivity index is 2.23. The Labute approximate surface area is 159 Å². The number of carbonyl (C=O) groups is 1. The summed E-state index contributed by atoms with van der Waals surface area (Å²) in [5, 5.41) is 12.1. The van der Waals surface area contributed by atoms with Crippen molar-refractivity contribution in [3.63, 3.8) is 0 Å². The number of amides is 1. The quantitative estimate of drug-likeness (QED) is 0.426. The third kappa shape index (κ3) is 5.75. The highest BCUT2D eigenvalue weighted by molar-refractivity contribution is 6.09. The van der Waals surface area contributed by atoms with Crippen molar-refractivity contribution < 1.29 is 14.3 Å². The summed E-state index contributed by atoms with van der Waals surface area (Å²) in [6.07, 6.45) is 3.16. The zero-order chi connectivity index (χ0) is 19.6. The van der Waals surface area contributed by atoms with E-state index in [-0.39, 0.29) is 5.57 Å². The Morgan fingerprint density at radius 3 is 2.56 bits per heavy atom. The molecule has 2 rings (SSSR count). The fourth-order valence-electron chi connectivity index (χ4n) is 2.30. The standard InChI is InChI=1S/C22H22N2O3/c1-4-12-27-20-11-8-17(14-21(20)26-5-2)13-18(15-23)22(25)24-19-9-6-16(3)7-10-19/h4,6-11,13-14H,1,5,12H2,2-3H3,(H,24,25)/b18-13+. The Morgan fingerprint density at radius 2 is 1.93 bits per heavy atom. The number of rotatable bonds is 8. The topological polar surface area (TPSA) is 71.3 Å². The Hall–Kier alpha value is -3.52. The van der Waals surface area contributed by atoms with Crippen molar-refractivity contribution in [2.24, 2.45) is 0 Å². The first-order valence-electron chi connectivity index (χ1n) is 8.57. The molecule has 0 saturated carbocycles. The average Bonchev–Trinajstić information content (AvgIpc) is 2.67.